The minimum atomic E-state index is -0.314. The number of methoxy groups -OCH3 is 1. The molecule has 0 aliphatic rings. The first kappa shape index (κ1) is 16.3. The van der Waals surface area contributed by atoms with Gasteiger partial charge in [-0.15, -0.1) is 0 Å². The van der Waals surface area contributed by atoms with Crippen molar-refractivity contribution in [3.63, 3.8) is 0 Å². The molecule has 0 aliphatic carbocycles. The van der Waals surface area contributed by atoms with E-state index < -0.39 is 0 Å². The predicted octanol–water partition coefficient (Wildman–Crippen LogP) is 3.76. The number of ether oxygens (including phenoxy) is 1. The number of carbonyl (C=O) groups excluding carboxylic acids is 1. The Labute approximate surface area is 144 Å². The Balaban J connectivity index is 1.71. The topological polar surface area (TPSA) is 64.1 Å². The largest absolute Gasteiger partial charge is 0.495 e. The molecule has 24 heavy (non-hydrogen) atoms. The van der Waals surface area contributed by atoms with Crippen LogP contribution in [0.2, 0.25) is 0 Å². The molecule has 1 atom stereocenters. The molecular formula is C18H17N3O2S. The van der Waals surface area contributed by atoms with Gasteiger partial charge in [0.2, 0.25) is 5.91 Å². The Hall–Kier alpha value is -2.60. The quantitative estimate of drug-likeness (QED) is 0.717. The third-order valence-electron chi connectivity index (χ3n) is 3.46. The van der Waals surface area contributed by atoms with E-state index in [4.69, 9.17) is 4.74 Å². The molecule has 0 saturated heterocycles. The van der Waals surface area contributed by atoms with E-state index in [0.717, 1.165) is 16.1 Å². The van der Waals surface area contributed by atoms with Gasteiger partial charge >= 0.3 is 0 Å². The summed E-state index contributed by atoms with van der Waals surface area (Å²) in [4.78, 5) is 21.3. The van der Waals surface area contributed by atoms with Crippen molar-refractivity contribution >= 4 is 34.4 Å². The maximum Gasteiger partial charge on any atom is 0.237 e. The summed E-state index contributed by atoms with van der Waals surface area (Å²) >= 11 is 1.37. The second-order valence-electron chi connectivity index (χ2n) is 5.15. The Bertz CT molecular complexity index is 870. The lowest BCUT2D eigenvalue weighted by atomic mass is 10.3. The lowest BCUT2D eigenvalue weighted by Gasteiger charge is -2.13. The number of benzene rings is 2. The van der Waals surface area contributed by atoms with Crippen LogP contribution < -0.4 is 10.1 Å². The molecule has 1 N–H and O–H groups in total. The van der Waals surface area contributed by atoms with Crippen molar-refractivity contribution in [3.8, 4) is 5.75 Å². The maximum absolute atomic E-state index is 12.4. The van der Waals surface area contributed by atoms with Crippen LogP contribution in [-0.2, 0) is 4.79 Å². The van der Waals surface area contributed by atoms with E-state index in [-0.39, 0.29) is 11.2 Å². The molecule has 3 aromatic rings. The molecule has 1 amide bonds. The first-order chi connectivity index (χ1) is 11.7. The van der Waals surface area contributed by atoms with E-state index in [0.29, 0.717) is 11.4 Å². The molecule has 0 saturated carbocycles. The van der Waals surface area contributed by atoms with Crippen molar-refractivity contribution < 1.29 is 9.53 Å². The minimum Gasteiger partial charge on any atom is -0.495 e. The molecule has 0 fully saturated rings. The third kappa shape index (κ3) is 3.65. The summed E-state index contributed by atoms with van der Waals surface area (Å²) in [5.41, 5.74) is 2.31. The molecule has 0 aliphatic heterocycles. The van der Waals surface area contributed by atoms with Gasteiger partial charge in [0.05, 0.1) is 35.3 Å². The zero-order valence-corrected chi connectivity index (χ0v) is 14.2. The van der Waals surface area contributed by atoms with Crippen molar-refractivity contribution in [1.82, 2.24) is 9.97 Å². The van der Waals surface area contributed by atoms with Crippen molar-refractivity contribution in [3.05, 3.63) is 54.7 Å². The standard InChI is InChI=1S/C18H17N3O2S/c1-12(18(22)21-15-9-5-6-10-16(15)23-2)24-17-11-19-13-7-3-4-8-14(13)20-17/h3-12H,1-2H3,(H,21,22)/t12-/m0/s1. The number of nitrogens with one attached hydrogen (secondary N) is 1. The molecule has 2 aromatic carbocycles. The number of carbonyl (C=O) groups is 1. The molecule has 5 nitrogen and oxygen atoms in total. The van der Waals surface area contributed by atoms with Crippen molar-refractivity contribution in [2.75, 3.05) is 12.4 Å². The van der Waals surface area contributed by atoms with Gasteiger partial charge in [0.25, 0.3) is 0 Å². The zero-order chi connectivity index (χ0) is 16.9. The third-order valence-corrected chi connectivity index (χ3v) is 4.46. The number of rotatable bonds is 5. The van der Waals surface area contributed by atoms with E-state index in [1.54, 1.807) is 13.3 Å². The van der Waals surface area contributed by atoms with Gasteiger partial charge in [0.1, 0.15) is 10.8 Å². The summed E-state index contributed by atoms with van der Waals surface area (Å²) in [5, 5.41) is 3.29. The zero-order valence-electron chi connectivity index (χ0n) is 13.4. The van der Waals surface area contributed by atoms with Gasteiger partial charge in [-0.25, -0.2) is 4.98 Å². The van der Waals surface area contributed by atoms with Crippen molar-refractivity contribution in [1.29, 1.82) is 0 Å². The highest BCUT2D eigenvalue weighted by Gasteiger charge is 2.17. The molecular weight excluding hydrogens is 322 g/mol. The van der Waals surface area contributed by atoms with Crippen molar-refractivity contribution in [2.24, 2.45) is 0 Å². The Morgan fingerprint density at radius 2 is 1.83 bits per heavy atom. The number of hydrogen-bond donors (Lipinski definition) is 1. The average molecular weight is 339 g/mol. The van der Waals surface area contributed by atoms with Crippen LogP contribution in [0.1, 0.15) is 6.92 Å². The molecule has 6 heteroatoms. The van der Waals surface area contributed by atoms with Gasteiger partial charge in [-0.3, -0.25) is 9.78 Å². The lowest BCUT2D eigenvalue weighted by Crippen LogP contribution is -2.22. The molecule has 0 spiro atoms. The number of amides is 1. The van der Waals surface area contributed by atoms with Gasteiger partial charge in [0, 0.05) is 0 Å². The molecule has 1 aromatic heterocycles. The van der Waals surface area contributed by atoms with Crippen LogP contribution in [0.4, 0.5) is 5.69 Å². The van der Waals surface area contributed by atoms with Gasteiger partial charge < -0.3 is 10.1 Å². The normalized spacial score (nSPS) is 11.9. The lowest BCUT2D eigenvalue weighted by molar-refractivity contribution is -0.115. The SMILES string of the molecule is COc1ccccc1NC(=O)[C@H](C)Sc1cnc2ccccc2n1. The first-order valence-corrected chi connectivity index (χ1v) is 8.37. The second-order valence-corrected chi connectivity index (χ2v) is 6.51. The Kier molecular flexibility index (Phi) is 4.96. The Morgan fingerprint density at radius 1 is 1.12 bits per heavy atom. The highest BCUT2D eigenvalue weighted by atomic mass is 32.2. The summed E-state index contributed by atoms with van der Waals surface area (Å²) in [6.45, 7) is 1.84. The van der Waals surface area contributed by atoms with Crippen LogP contribution >= 0.6 is 11.8 Å². The second kappa shape index (κ2) is 7.31. The highest BCUT2D eigenvalue weighted by Crippen LogP contribution is 2.26. The number of hydrogen-bond acceptors (Lipinski definition) is 5. The predicted molar refractivity (Wildman–Crippen MR) is 96.5 cm³/mol. The fourth-order valence-corrected chi connectivity index (χ4v) is 3.01. The van der Waals surface area contributed by atoms with Crippen LogP contribution in [-0.4, -0.2) is 28.2 Å². The molecule has 1 heterocycles. The summed E-state index contributed by atoms with van der Waals surface area (Å²) < 4.78 is 5.25. The summed E-state index contributed by atoms with van der Waals surface area (Å²) in [7, 11) is 1.58. The number of anilines is 1. The molecule has 0 radical (unpaired) electrons. The number of para-hydroxylation sites is 4. The molecule has 122 valence electrons. The summed E-state index contributed by atoms with van der Waals surface area (Å²) in [6, 6.07) is 15.0. The number of fused-ring (bicyclic) bond motifs is 1. The van der Waals surface area contributed by atoms with E-state index in [9.17, 15) is 4.79 Å². The smallest absolute Gasteiger partial charge is 0.237 e. The van der Waals surface area contributed by atoms with Crippen LogP contribution in [0.5, 0.6) is 5.75 Å². The number of thioether (sulfide) groups is 1. The average Bonchev–Trinajstić information content (AvgIpc) is 2.62. The summed E-state index contributed by atoms with van der Waals surface area (Å²) in [5.74, 6) is 0.521. The van der Waals surface area contributed by atoms with Crippen molar-refractivity contribution in [2.45, 2.75) is 17.2 Å². The van der Waals surface area contributed by atoms with Gasteiger partial charge in [-0.2, -0.15) is 0 Å². The highest BCUT2D eigenvalue weighted by molar-refractivity contribution is 8.00. The van der Waals surface area contributed by atoms with E-state index in [1.807, 2.05) is 55.5 Å². The van der Waals surface area contributed by atoms with Crippen LogP contribution in [0.15, 0.2) is 59.8 Å². The summed E-state index contributed by atoms with van der Waals surface area (Å²) in [6.07, 6.45) is 1.69. The maximum atomic E-state index is 12.4. The van der Waals surface area contributed by atoms with Gasteiger partial charge in [-0.1, -0.05) is 36.0 Å². The van der Waals surface area contributed by atoms with E-state index in [1.165, 1.54) is 11.8 Å². The fourth-order valence-electron chi connectivity index (χ4n) is 2.21. The molecule has 3 rings (SSSR count). The number of aromatic nitrogens is 2. The molecule has 0 bridgehead atoms. The van der Waals surface area contributed by atoms with Gasteiger partial charge in [-0.05, 0) is 31.2 Å². The monoisotopic (exact) mass is 339 g/mol. The van der Waals surface area contributed by atoms with Crippen LogP contribution in [0, 0.1) is 0 Å². The van der Waals surface area contributed by atoms with Gasteiger partial charge in [0.15, 0.2) is 0 Å². The number of nitrogens with zero attached hydrogens (tertiary/aromatic N) is 2. The van der Waals surface area contributed by atoms with E-state index >= 15 is 0 Å². The Morgan fingerprint density at radius 3 is 2.62 bits per heavy atom. The fraction of sp³-hybridized carbons (Fsp3) is 0.167. The van der Waals surface area contributed by atoms with Crippen LogP contribution in [0.3, 0.4) is 0 Å². The first-order valence-electron chi connectivity index (χ1n) is 7.49. The van der Waals surface area contributed by atoms with Crippen LogP contribution in [0.25, 0.3) is 11.0 Å². The van der Waals surface area contributed by atoms with E-state index in [2.05, 4.69) is 15.3 Å². The molecule has 0 unspecified atom stereocenters. The minimum absolute atomic E-state index is 0.112.